The monoisotopic (exact) mass is 356 g/mol. The van der Waals surface area contributed by atoms with Crippen LogP contribution in [0, 0.1) is 6.92 Å². The van der Waals surface area contributed by atoms with E-state index in [9.17, 15) is 4.79 Å². The van der Waals surface area contributed by atoms with Crippen LogP contribution in [0.3, 0.4) is 0 Å². The molecule has 5 heteroatoms. The smallest absolute Gasteiger partial charge is 0.169 e. The molecule has 0 aliphatic rings. The van der Waals surface area contributed by atoms with Gasteiger partial charge >= 0.3 is 0 Å². The third-order valence-corrected chi connectivity index (χ3v) is 4.81. The van der Waals surface area contributed by atoms with Gasteiger partial charge in [-0.2, -0.15) is 0 Å². The molecule has 0 saturated heterocycles. The van der Waals surface area contributed by atoms with E-state index in [0.29, 0.717) is 5.69 Å². The number of aryl methyl sites for hydroxylation is 1. The zero-order chi connectivity index (χ0) is 17.1. The Kier molecular flexibility index (Phi) is 5.17. The molecule has 0 amide bonds. The molecule has 1 atom stereocenters. The Hall–Kier alpha value is -1.91. The van der Waals surface area contributed by atoms with E-state index in [4.69, 9.17) is 11.6 Å². The van der Waals surface area contributed by atoms with Gasteiger partial charge in [0.25, 0.3) is 0 Å². The molecule has 3 nitrogen and oxygen atoms in total. The van der Waals surface area contributed by atoms with E-state index in [0.717, 1.165) is 39.6 Å². The van der Waals surface area contributed by atoms with E-state index in [1.807, 2.05) is 26.0 Å². The number of aromatic nitrogens is 2. The van der Waals surface area contributed by atoms with Gasteiger partial charge in [0.1, 0.15) is 12.0 Å². The minimum Gasteiger partial charge on any atom is -0.296 e. The Labute approximate surface area is 150 Å². The fraction of sp³-hybridized carbons (Fsp3) is 0.211. The third kappa shape index (κ3) is 3.77. The molecule has 3 rings (SSSR count). The number of alkyl halides is 1. The van der Waals surface area contributed by atoms with Crippen molar-refractivity contribution in [3.8, 4) is 0 Å². The molecule has 0 saturated carbocycles. The normalized spacial score (nSPS) is 12.3. The van der Waals surface area contributed by atoms with E-state index in [1.54, 1.807) is 11.8 Å². The molecular formula is C19H17ClN2OS. The first kappa shape index (κ1) is 16.9. The molecule has 0 radical (unpaired) electrons. The molecule has 0 N–H and O–H groups in total. The van der Waals surface area contributed by atoms with Crippen LogP contribution < -0.4 is 0 Å². The number of carbonyl (C=O) groups is 1. The van der Waals surface area contributed by atoms with Crippen LogP contribution in [0.2, 0.25) is 0 Å². The van der Waals surface area contributed by atoms with Crippen LogP contribution in [-0.2, 0) is 6.42 Å². The molecule has 1 aromatic heterocycles. The first-order chi connectivity index (χ1) is 11.6. The topological polar surface area (TPSA) is 42.9 Å². The van der Waals surface area contributed by atoms with Crippen LogP contribution in [-0.4, -0.2) is 21.0 Å². The van der Waals surface area contributed by atoms with Crippen LogP contribution in [0.1, 0.15) is 34.1 Å². The second kappa shape index (κ2) is 7.32. The summed E-state index contributed by atoms with van der Waals surface area (Å²) >= 11 is 7.70. The predicted octanol–water partition coefficient (Wildman–Crippen LogP) is 5.02. The van der Waals surface area contributed by atoms with Crippen molar-refractivity contribution in [3.05, 3.63) is 65.1 Å². The zero-order valence-corrected chi connectivity index (χ0v) is 15.1. The maximum Gasteiger partial charge on any atom is 0.169 e. The maximum absolute atomic E-state index is 11.2. The fourth-order valence-electron chi connectivity index (χ4n) is 2.78. The molecule has 0 aliphatic carbocycles. The lowest BCUT2D eigenvalue weighted by Gasteiger charge is -2.10. The number of rotatable bonds is 5. The summed E-state index contributed by atoms with van der Waals surface area (Å²) in [5, 5.41) is 0.808. The number of thioether (sulfide) groups is 1. The van der Waals surface area contributed by atoms with Crippen molar-refractivity contribution >= 4 is 40.6 Å². The molecule has 0 spiro atoms. The molecule has 3 aromatic rings. The molecular weight excluding hydrogens is 340 g/mol. The molecule has 1 unspecified atom stereocenters. The van der Waals surface area contributed by atoms with Crippen LogP contribution in [0.4, 0.5) is 0 Å². The second-order valence-electron chi connectivity index (χ2n) is 5.68. The van der Waals surface area contributed by atoms with Crippen molar-refractivity contribution < 1.29 is 4.79 Å². The number of aldehydes is 1. The SMILES string of the molecule is Cc1cc(Cc2cccc(SC(C)Cl)c2)c2ncnc(C=O)c2c1. The highest BCUT2D eigenvalue weighted by Gasteiger charge is 2.10. The van der Waals surface area contributed by atoms with Gasteiger partial charge in [-0.05, 0) is 49.6 Å². The molecule has 0 fully saturated rings. The van der Waals surface area contributed by atoms with Crippen LogP contribution in [0.5, 0.6) is 0 Å². The van der Waals surface area contributed by atoms with Crippen LogP contribution >= 0.6 is 23.4 Å². The minimum atomic E-state index is 0.0305. The first-order valence-corrected chi connectivity index (χ1v) is 8.97. The Balaban J connectivity index is 2.03. The highest BCUT2D eigenvalue weighted by Crippen LogP contribution is 2.28. The average molecular weight is 357 g/mol. The van der Waals surface area contributed by atoms with E-state index in [2.05, 4.69) is 34.2 Å². The summed E-state index contributed by atoms with van der Waals surface area (Å²) in [7, 11) is 0. The molecule has 122 valence electrons. The Morgan fingerprint density at radius 1 is 1.25 bits per heavy atom. The lowest BCUT2D eigenvalue weighted by atomic mass is 9.99. The van der Waals surface area contributed by atoms with Crippen molar-refractivity contribution in [1.29, 1.82) is 0 Å². The Morgan fingerprint density at radius 3 is 2.83 bits per heavy atom. The fourth-order valence-corrected chi connectivity index (χ4v) is 3.84. The first-order valence-electron chi connectivity index (χ1n) is 7.66. The van der Waals surface area contributed by atoms with Crippen molar-refractivity contribution in [3.63, 3.8) is 0 Å². The van der Waals surface area contributed by atoms with Gasteiger partial charge in [-0.3, -0.25) is 4.79 Å². The predicted molar refractivity (Wildman–Crippen MR) is 100 cm³/mol. The Bertz CT molecular complexity index is 896. The summed E-state index contributed by atoms with van der Waals surface area (Å²) in [6.07, 6.45) is 2.98. The van der Waals surface area contributed by atoms with Gasteiger partial charge in [0.2, 0.25) is 0 Å². The quantitative estimate of drug-likeness (QED) is 0.366. The summed E-state index contributed by atoms with van der Waals surface area (Å²) in [4.78, 5) is 20.9. The molecule has 2 aromatic carbocycles. The lowest BCUT2D eigenvalue weighted by molar-refractivity contribution is 0.112. The third-order valence-electron chi connectivity index (χ3n) is 3.70. The summed E-state index contributed by atoms with van der Waals surface area (Å²) < 4.78 is 0.0305. The van der Waals surface area contributed by atoms with Gasteiger partial charge in [0, 0.05) is 10.3 Å². The van der Waals surface area contributed by atoms with E-state index < -0.39 is 0 Å². The Morgan fingerprint density at radius 2 is 2.08 bits per heavy atom. The zero-order valence-electron chi connectivity index (χ0n) is 13.5. The van der Waals surface area contributed by atoms with Gasteiger partial charge in [0.15, 0.2) is 6.29 Å². The van der Waals surface area contributed by atoms with Gasteiger partial charge in [-0.1, -0.05) is 23.8 Å². The number of halogens is 1. The van der Waals surface area contributed by atoms with E-state index >= 15 is 0 Å². The second-order valence-corrected chi connectivity index (χ2v) is 8.01. The van der Waals surface area contributed by atoms with Gasteiger partial charge < -0.3 is 0 Å². The molecule has 1 heterocycles. The summed E-state index contributed by atoms with van der Waals surface area (Å²) in [6.45, 7) is 3.98. The molecule has 24 heavy (non-hydrogen) atoms. The highest BCUT2D eigenvalue weighted by atomic mass is 35.5. The molecule has 0 aliphatic heterocycles. The minimum absolute atomic E-state index is 0.0305. The van der Waals surface area contributed by atoms with Crippen molar-refractivity contribution in [1.82, 2.24) is 9.97 Å². The van der Waals surface area contributed by atoms with Gasteiger partial charge in [-0.15, -0.1) is 23.4 Å². The summed E-state index contributed by atoms with van der Waals surface area (Å²) in [5.41, 5.74) is 4.65. The number of benzene rings is 2. The number of hydrogen-bond donors (Lipinski definition) is 0. The van der Waals surface area contributed by atoms with Crippen LogP contribution in [0.25, 0.3) is 10.9 Å². The van der Waals surface area contributed by atoms with Crippen molar-refractivity contribution in [2.24, 2.45) is 0 Å². The van der Waals surface area contributed by atoms with E-state index in [-0.39, 0.29) is 4.71 Å². The van der Waals surface area contributed by atoms with Crippen molar-refractivity contribution in [2.45, 2.75) is 29.9 Å². The van der Waals surface area contributed by atoms with Crippen LogP contribution in [0.15, 0.2) is 47.6 Å². The largest absolute Gasteiger partial charge is 0.296 e. The highest BCUT2D eigenvalue weighted by molar-refractivity contribution is 8.01. The number of hydrogen-bond acceptors (Lipinski definition) is 4. The summed E-state index contributed by atoms with van der Waals surface area (Å²) in [6, 6.07) is 12.4. The van der Waals surface area contributed by atoms with Gasteiger partial charge in [0.05, 0.1) is 10.2 Å². The van der Waals surface area contributed by atoms with Crippen molar-refractivity contribution in [2.75, 3.05) is 0 Å². The number of carbonyl (C=O) groups excluding carboxylic acids is 1. The average Bonchev–Trinajstić information content (AvgIpc) is 2.54. The van der Waals surface area contributed by atoms with Gasteiger partial charge in [-0.25, -0.2) is 9.97 Å². The number of nitrogens with zero attached hydrogens (tertiary/aromatic N) is 2. The standard InChI is InChI=1S/C19H17ClN2OS/c1-12-6-15(19-17(7-12)18(10-23)21-11-22-19)8-14-4-3-5-16(9-14)24-13(2)20/h3-7,9-11,13H,8H2,1-2H3. The maximum atomic E-state index is 11.2. The number of fused-ring (bicyclic) bond motifs is 1. The lowest BCUT2D eigenvalue weighted by Crippen LogP contribution is -1.98. The van der Waals surface area contributed by atoms with E-state index in [1.165, 1.54) is 11.9 Å². The summed E-state index contributed by atoms with van der Waals surface area (Å²) in [5.74, 6) is 0. The molecule has 0 bridgehead atoms.